The van der Waals surface area contributed by atoms with E-state index in [0.29, 0.717) is 6.04 Å². The van der Waals surface area contributed by atoms with Crippen molar-refractivity contribution in [1.29, 1.82) is 0 Å². The summed E-state index contributed by atoms with van der Waals surface area (Å²) < 4.78 is 2.15. The van der Waals surface area contributed by atoms with Gasteiger partial charge in [-0.1, -0.05) is 36.8 Å². The second-order valence-corrected chi connectivity index (χ2v) is 7.28. The summed E-state index contributed by atoms with van der Waals surface area (Å²) in [6.07, 6.45) is 6.14. The van der Waals surface area contributed by atoms with Gasteiger partial charge in [0.15, 0.2) is 0 Å². The smallest absolute Gasteiger partial charge is 0.223 e. The van der Waals surface area contributed by atoms with Crippen molar-refractivity contribution in [3.63, 3.8) is 0 Å². The lowest BCUT2D eigenvalue weighted by molar-refractivity contribution is -0.127. The Balaban J connectivity index is 1.36. The molecule has 0 spiro atoms. The first kappa shape index (κ1) is 16.3. The molecule has 4 rings (SSSR count). The van der Waals surface area contributed by atoms with Crippen molar-refractivity contribution < 1.29 is 4.79 Å². The Kier molecular flexibility index (Phi) is 4.83. The standard InChI is InChI=1S/C20H26N4O/c25-20(17-7-4-8-17)21-11-9-18-14-23(13-16-5-2-1-3-6-16)15-19-10-12-22-24(18)19/h1-3,5-6,10,12,17-18H,4,7-9,11,13-15H2,(H,21,25). The number of benzene rings is 1. The van der Waals surface area contributed by atoms with Gasteiger partial charge < -0.3 is 5.32 Å². The minimum atomic E-state index is 0.240. The molecule has 1 unspecified atom stereocenters. The topological polar surface area (TPSA) is 50.2 Å². The molecule has 2 heterocycles. The number of amides is 1. The van der Waals surface area contributed by atoms with Crippen molar-refractivity contribution in [2.24, 2.45) is 5.92 Å². The van der Waals surface area contributed by atoms with E-state index in [9.17, 15) is 4.79 Å². The second-order valence-electron chi connectivity index (χ2n) is 7.28. The van der Waals surface area contributed by atoms with Gasteiger partial charge in [-0.2, -0.15) is 5.10 Å². The summed E-state index contributed by atoms with van der Waals surface area (Å²) in [7, 11) is 0. The number of carbonyl (C=O) groups excluding carboxylic acids is 1. The van der Waals surface area contributed by atoms with Crippen LogP contribution < -0.4 is 5.32 Å². The number of hydrogen-bond donors (Lipinski definition) is 1. The molecule has 1 N–H and O–H groups in total. The van der Waals surface area contributed by atoms with E-state index in [4.69, 9.17) is 0 Å². The van der Waals surface area contributed by atoms with Crippen LogP contribution in [0.15, 0.2) is 42.6 Å². The van der Waals surface area contributed by atoms with Gasteiger partial charge in [-0.05, 0) is 30.9 Å². The summed E-state index contributed by atoms with van der Waals surface area (Å²) in [5, 5.41) is 7.64. The number of rotatable bonds is 6. The lowest BCUT2D eigenvalue weighted by Gasteiger charge is -2.34. The number of nitrogens with zero attached hydrogens (tertiary/aromatic N) is 3. The first-order chi connectivity index (χ1) is 12.3. The highest BCUT2D eigenvalue weighted by Gasteiger charge is 2.27. The summed E-state index contributed by atoms with van der Waals surface area (Å²) in [5.74, 6) is 0.505. The van der Waals surface area contributed by atoms with Crippen molar-refractivity contribution in [1.82, 2.24) is 20.0 Å². The quantitative estimate of drug-likeness (QED) is 0.881. The van der Waals surface area contributed by atoms with Crippen LogP contribution in [-0.4, -0.2) is 33.7 Å². The van der Waals surface area contributed by atoms with Gasteiger partial charge >= 0.3 is 0 Å². The van der Waals surface area contributed by atoms with Crippen molar-refractivity contribution in [2.75, 3.05) is 13.1 Å². The van der Waals surface area contributed by atoms with Crippen LogP contribution in [0.2, 0.25) is 0 Å². The van der Waals surface area contributed by atoms with Crippen molar-refractivity contribution in [3.8, 4) is 0 Å². The molecule has 1 aliphatic heterocycles. The Morgan fingerprint density at radius 3 is 2.80 bits per heavy atom. The fourth-order valence-corrected chi connectivity index (χ4v) is 3.82. The highest BCUT2D eigenvalue weighted by atomic mass is 16.1. The monoisotopic (exact) mass is 338 g/mol. The van der Waals surface area contributed by atoms with Crippen LogP contribution in [0.5, 0.6) is 0 Å². The zero-order valence-electron chi connectivity index (χ0n) is 14.6. The van der Waals surface area contributed by atoms with Gasteiger partial charge in [0.05, 0.1) is 11.7 Å². The van der Waals surface area contributed by atoms with Gasteiger partial charge in [-0.3, -0.25) is 14.4 Å². The van der Waals surface area contributed by atoms with Gasteiger partial charge in [-0.25, -0.2) is 0 Å². The van der Waals surface area contributed by atoms with Crippen LogP contribution in [0.3, 0.4) is 0 Å². The van der Waals surface area contributed by atoms with Crippen LogP contribution in [0.4, 0.5) is 0 Å². The van der Waals surface area contributed by atoms with E-state index in [1.165, 1.54) is 17.7 Å². The maximum atomic E-state index is 12.0. The summed E-state index contributed by atoms with van der Waals surface area (Å²) in [6, 6.07) is 13.0. The number of nitrogens with one attached hydrogen (secondary N) is 1. The van der Waals surface area contributed by atoms with Gasteiger partial charge in [0.1, 0.15) is 0 Å². The van der Waals surface area contributed by atoms with Crippen LogP contribution >= 0.6 is 0 Å². The van der Waals surface area contributed by atoms with E-state index in [0.717, 1.165) is 45.4 Å². The van der Waals surface area contributed by atoms with E-state index in [1.807, 2.05) is 6.20 Å². The number of hydrogen-bond acceptors (Lipinski definition) is 3. The summed E-state index contributed by atoms with van der Waals surface area (Å²) in [6.45, 7) is 3.60. The second kappa shape index (κ2) is 7.40. The van der Waals surface area contributed by atoms with E-state index >= 15 is 0 Å². The molecule has 2 aromatic rings. The Bertz CT molecular complexity index is 707. The number of carbonyl (C=O) groups is 1. The summed E-state index contributed by atoms with van der Waals surface area (Å²) >= 11 is 0. The van der Waals surface area contributed by atoms with E-state index in [2.05, 4.69) is 56.4 Å². The maximum Gasteiger partial charge on any atom is 0.223 e. The maximum absolute atomic E-state index is 12.0. The minimum Gasteiger partial charge on any atom is -0.356 e. The SMILES string of the molecule is O=C(NCCC1CN(Cc2ccccc2)Cc2ccnn21)C1CCC1. The Morgan fingerprint density at radius 1 is 1.20 bits per heavy atom. The largest absolute Gasteiger partial charge is 0.356 e. The van der Waals surface area contributed by atoms with Gasteiger partial charge in [0.2, 0.25) is 5.91 Å². The Hall–Kier alpha value is -2.14. The Labute approximate surface area is 149 Å². The minimum absolute atomic E-state index is 0.240. The highest BCUT2D eigenvalue weighted by molar-refractivity contribution is 5.79. The zero-order chi connectivity index (χ0) is 17.1. The molecular weight excluding hydrogens is 312 g/mol. The first-order valence-corrected chi connectivity index (χ1v) is 9.36. The third-order valence-corrected chi connectivity index (χ3v) is 5.45. The highest BCUT2D eigenvalue weighted by Crippen LogP contribution is 2.27. The van der Waals surface area contributed by atoms with Crippen LogP contribution in [0.1, 0.15) is 43.0 Å². The predicted molar refractivity (Wildman–Crippen MR) is 96.8 cm³/mol. The molecule has 0 bridgehead atoms. The van der Waals surface area contributed by atoms with Crippen molar-refractivity contribution in [2.45, 2.75) is 44.8 Å². The average Bonchev–Trinajstić information content (AvgIpc) is 3.03. The fraction of sp³-hybridized carbons (Fsp3) is 0.500. The molecule has 1 aromatic carbocycles. The molecule has 1 aliphatic carbocycles. The van der Waals surface area contributed by atoms with Crippen molar-refractivity contribution in [3.05, 3.63) is 53.9 Å². The molecule has 5 nitrogen and oxygen atoms in total. The first-order valence-electron chi connectivity index (χ1n) is 9.36. The van der Waals surface area contributed by atoms with E-state index in [-0.39, 0.29) is 11.8 Å². The van der Waals surface area contributed by atoms with Crippen LogP contribution in [-0.2, 0) is 17.9 Å². The van der Waals surface area contributed by atoms with Gasteiger partial charge in [0, 0.05) is 38.3 Å². The molecule has 0 saturated heterocycles. The summed E-state index contributed by atoms with van der Waals surface area (Å²) in [4.78, 5) is 14.5. The lowest BCUT2D eigenvalue weighted by Crippen LogP contribution is -2.40. The van der Waals surface area contributed by atoms with E-state index < -0.39 is 0 Å². The zero-order valence-corrected chi connectivity index (χ0v) is 14.6. The number of aromatic nitrogens is 2. The normalized spacial score (nSPS) is 20.7. The average molecular weight is 338 g/mol. The Morgan fingerprint density at radius 2 is 2.04 bits per heavy atom. The fourth-order valence-electron chi connectivity index (χ4n) is 3.82. The molecule has 25 heavy (non-hydrogen) atoms. The summed E-state index contributed by atoms with van der Waals surface area (Å²) in [5.41, 5.74) is 2.60. The molecule has 2 aliphatic rings. The molecule has 1 aromatic heterocycles. The molecule has 1 fully saturated rings. The molecule has 1 saturated carbocycles. The third-order valence-electron chi connectivity index (χ3n) is 5.45. The van der Waals surface area contributed by atoms with Crippen molar-refractivity contribution >= 4 is 5.91 Å². The molecule has 0 radical (unpaired) electrons. The van der Waals surface area contributed by atoms with E-state index in [1.54, 1.807) is 0 Å². The van der Waals surface area contributed by atoms with Gasteiger partial charge in [-0.15, -0.1) is 0 Å². The van der Waals surface area contributed by atoms with Crippen LogP contribution in [0.25, 0.3) is 0 Å². The third kappa shape index (κ3) is 3.76. The molecule has 132 valence electrons. The van der Waals surface area contributed by atoms with Crippen LogP contribution in [0, 0.1) is 5.92 Å². The van der Waals surface area contributed by atoms with Gasteiger partial charge in [0.25, 0.3) is 0 Å². The molecule has 1 amide bonds. The lowest BCUT2D eigenvalue weighted by atomic mass is 9.85. The number of fused-ring (bicyclic) bond motifs is 1. The molecule has 5 heteroatoms. The predicted octanol–water partition coefficient (Wildman–Crippen LogP) is 2.75. The molecule has 1 atom stereocenters. The molecular formula is C20H26N4O.